The van der Waals surface area contributed by atoms with Crippen molar-refractivity contribution in [3.05, 3.63) is 29.8 Å². The largest absolute Gasteiger partial charge is 0.339 e. The molecule has 0 heterocycles. The van der Waals surface area contributed by atoms with Gasteiger partial charge in [-0.05, 0) is 31.4 Å². The second kappa shape index (κ2) is 8.62. The van der Waals surface area contributed by atoms with Crippen LogP contribution in [0.1, 0.15) is 51.0 Å². The van der Waals surface area contributed by atoms with E-state index in [1.807, 2.05) is 11.0 Å². The Balaban J connectivity index is 1.97. The fourth-order valence-electron chi connectivity index (χ4n) is 3.40. The number of carbonyl (C=O) groups is 1. The second-order valence-electron chi connectivity index (χ2n) is 6.52. The van der Waals surface area contributed by atoms with Gasteiger partial charge < -0.3 is 4.90 Å². The van der Waals surface area contributed by atoms with Gasteiger partial charge >= 0.3 is 0 Å². The Labute approximate surface area is 145 Å². The van der Waals surface area contributed by atoms with Crippen LogP contribution in [0, 0.1) is 6.92 Å². The summed E-state index contributed by atoms with van der Waals surface area (Å²) in [7, 11) is -3.54. The average molecular weight is 353 g/mol. The first kappa shape index (κ1) is 18.9. The molecular weight excluding hydrogens is 324 g/mol. The highest BCUT2D eigenvalue weighted by molar-refractivity contribution is 7.89. The van der Waals surface area contributed by atoms with E-state index >= 15 is 0 Å². The summed E-state index contributed by atoms with van der Waals surface area (Å²) in [5.74, 6) is 0.0250. The van der Waals surface area contributed by atoms with E-state index in [9.17, 15) is 13.2 Å². The van der Waals surface area contributed by atoms with E-state index in [1.165, 1.54) is 12.8 Å². The molecule has 0 spiro atoms. The van der Waals surface area contributed by atoms with Crippen LogP contribution in [0.25, 0.3) is 0 Å². The third-order valence-electron chi connectivity index (χ3n) is 4.70. The van der Waals surface area contributed by atoms with E-state index in [1.54, 1.807) is 32.0 Å². The SMILES string of the molecule is CC(=O)N(CCNS(=O)(=O)c1ccccc1C)C1CCCCCC1. The molecule has 1 aliphatic carbocycles. The number of hydrogen-bond donors (Lipinski definition) is 1. The molecule has 1 fully saturated rings. The first-order chi connectivity index (χ1) is 11.4. The number of aryl methyl sites for hydroxylation is 1. The van der Waals surface area contributed by atoms with Crippen molar-refractivity contribution < 1.29 is 13.2 Å². The maximum atomic E-state index is 12.4. The number of nitrogens with one attached hydrogen (secondary N) is 1. The summed E-state index contributed by atoms with van der Waals surface area (Å²) >= 11 is 0. The standard InChI is InChI=1S/C18H28N2O3S/c1-15-9-7-8-12-18(15)24(22,23)19-13-14-20(16(2)21)17-10-5-3-4-6-11-17/h7-9,12,17,19H,3-6,10-11,13-14H2,1-2H3. The molecule has 0 aromatic heterocycles. The predicted molar refractivity (Wildman–Crippen MR) is 95.2 cm³/mol. The van der Waals surface area contributed by atoms with Gasteiger partial charge in [0.1, 0.15) is 0 Å². The molecule has 134 valence electrons. The zero-order chi connectivity index (χ0) is 17.6. The lowest BCUT2D eigenvalue weighted by molar-refractivity contribution is -0.131. The van der Waals surface area contributed by atoms with Crippen LogP contribution < -0.4 is 4.72 Å². The van der Waals surface area contributed by atoms with Crippen molar-refractivity contribution in [3.8, 4) is 0 Å². The van der Waals surface area contributed by atoms with Crippen LogP contribution in [0.5, 0.6) is 0 Å². The summed E-state index contributed by atoms with van der Waals surface area (Å²) in [5.41, 5.74) is 0.720. The zero-order valence-corrected chi connectivity index (χ0v) is 15.4. The van der Waals surface area contributed by atoms with Gasteiger partial charge in [-0.25, -0.2) is 13.1 Å². The van der Waals surface area contributed by atoms with Crippen molar-refractivity contribution in [1.82, 2.24) is 9.62 Å². The van der Waals surface area contributed by atoms with Crippen LogP contribution in [-0.4, -0.2) is 38.4 Å². The fraction of sp³-hybridized carbons (Fsp3) is 0.611. The third kappa shape index (κ3) is 5.05. The third-order valence-corrected chi connectivity index (χ3v) is 6.32. The van der Waals surface area contributed by atoms with E-state index in [-0.39, 0.29) is 18.5 Å². The van der Waals surface area contributed by atoms with Crippen LogP contribution in [-0.2, 0) is 14.8 Å². The first-order valence-corrected chi connectivity index (χ1v) is 10.2. The minimum atomic E-state index is -3.54. The normalized spacial score (nSPS) is 16.6. The Kier molecular flexibility index (Phi) is 6.80. The molecule has 1 aromatic rings. The molecule has 0 bridgehead atoms. The van der Waals surface area contributed by atoms with Crippen LogP contribution in [0.15, 0.2) is 29.2 Å². The molecule has 1 aromatic carbocycles. The number of nitrogens with zero attached hydrogens (tertiary/aromatic N) is 1. The van der Waals surface area contributed by atoms with Crippen molar-refractivity contribution in [2.45, 2.75) is 63.3 Å². The van der Waals surface area contributed by atoms with Gasteiger partial charge in [0, 0.05) is 26.1 Å². The summed E-state index contributed by atoms with van der Waals surface area (Å²) in [5, 5.41) is 0. The molecule has 1 aliphatic rings. The molecule has 1 N–H and O–H groups in total. The summed E-state index contributed by atoms with van der Waals surface area (Å²) in [6.07, 6.45) is 6.77. The van der Waals surface area contributed by atoms with Crippen LogP contribution in [0.4, 0.5) is 0 Å². The Morgan fingerprint density at radius 3 is 2.38 bits per heavy atom. The molecule has 1 saturated carbocycles. The number of benzene rings is 1. The van der Waals surface area contributed by atoms with Crippen molar-refractivity contribution >= 4 is 15.9 Å². The lowest BCUT2D eigenvalue weighted by atomic mass is 10.1. The number of rotatable bonds is 6. The van der Waals surface area contributed by atoms with Crippen molar-refractivity contribution in [2.75, 3.05) is 13.1 Å². The molecule has 0 unspecified atom stereocenters. The lowest BCUT2D eigenvalue weighted by Gasteiger charge is -2.30. The minimum Gasteiger partial charge on any atom is -0.339 e. The highest BCUT2D eigenvalue weighted by Crippen LogP contribution is 2.22. The van der Waals surface area contributed by atoms with Gasteiger partial charge in [0.2, 0.25) is 15.9 Å². The van der Waals surface area contributed by atoms with Crippen molar-refractivity contribution in [1.29, 1.82) is 0 Å². The monoisotopic (exact) mass is 352 g/mol. The van der Waals surface area contributed by atoms with Crippen molar-refractivity contribution in [3.63, 3.8) is 0 Å². The summed E-state index contributed by atoms with van der Waals surface area (Å²) in [6, 6.07) is 7.16. The molecule has 5 nitrogen and oxygen atoms in total. The summed E-state index contributed by atoms with van der Waals surface area (Å²) in [6.45, 7) is 4.01. The molecule has 0 saturated heterocycles. The fourth-order valence-corrected chi connectivity index (χ4v) is 4.67. The molecule has 24 heavy (non-hydrogen) atoms. The molecule has 6 heteroatoms. The topological polar surface area (TPSA) is 66.5 Å². The van der Waals surface area contributed by atoms with Gasteiger partial charge in [-0.2, -0.15) is 0 Å². The van der Waals surface area contributed by atoms with Gasteiger partial charge in [0.05, 0.1) is 4.90 Å². The molecule has 0 atom stereocenters. The van der Waals surface area contributed by atoms with E-state index in [0.717, 1.165) is 31.2 Å². The highest BCUT2D eigenvalue weighted by atomic mass is 32.2. The number of sulfonamides is 1. The highest BCUT2D eigenvalue weighted by Gasteiger charge is 2.23. The molecule has 1 amide bonds. The quantitative estimate of drug-likeness (QED) is 0.801. The van der Waals surface area contributed by atoms with Crippen LogP contribution in [0.3, 0.4) is 0 Å². The van der Waals surface area contributed by atoms with E-state index in [2.05, 4.69) is 4.72 Å². The Bertz CT molecular complexity index is 650. The van der Waals surface area contributed by atoms with Gasteiger partial charge in [0.25, 0.3) is 0 Å². The molecule has 2 rings (SSSR count). The second-order valence-corrected chi connectivity index (χ2v) is 8.26. The van der Waals surface area contributed by atoms with Gasteiger partial charge in [-0.1, -0.05) is 43.9 Å². The Morgan fingerprint density at radius 2 is 1.79 bits per heavy atom. The maximum absolute atomic E-state index is 12.4. The van der Waals surface area contributed by atoms with E-state index in [0.29, 0.717) is 11.4 Å². The van der Waals surface area contributed by atoms with Crippen LogP contribution in [0.2, 0.25) is 0 Å². The van der Waals surface area contributed by atoms with E-state index < -0.39 is 10.0 Å². The lowest BCUT2D eigenvalue weighted by Crippen LogP contribution is -2.43. The molecular formula is C18H28N2O3S. The van der Waals surface area contributed by atoms with E-state index in [4.69, 9.17) is 0 Å². The number of carbonyl (C=O) groups excluding carboxylic acids is 1. The smallest absolute Gasteiger partial charge is 0.240 e. The summed E-state index contributed by atoms with van der Waals surface area (Å²) in [4.78, 5) is 14.1. The first-order valence-electron chi connectivity index (χ1n) is 8.74. The molecule has 0 aliphatic heterocycles. The van der Waals surface area contributed by atoms with Crippen molar-refractivity contribution in [2.24, 2.45) is 0 Å². The predicted octanol–water partition coefficient (Wildman–Crippen LogP) is 2.84. The maximum Gasteiger partial charge on any atom is 0.240 e. The Morgan fingerprint density at radius 1 is 1.17 bits per heavy atom. The Hall–Kier alpha value is -1.40. The van der Waals surface area contributed by atoms with Crippen LogP contribution >= 0.6 is 0 Å². The number of amides is 1. The summed E-state index contributed by atoms with van der Waals surface area (Å²) < 4.78 is 27.5. The average Bonchev–Trinajstić information content (AvgIpc) is 2.80. The molecule has 0 radical (unpaired) electrons. The van der Waals surface area contributed by atoms with Gasteiger partial charge in [-0.3, -0.25) is 4.79 Å². The minimum absolute atomic E-state index is 0.0250. The van der Waals surface area contributed by atoms with Gasteiger partial charge in [0.15, 0.2) is 0 Å². The van der Waals surface area contributed by atoms with Gasteiger partial charge in [-0.15, -0.1) is 0 Å². The zero-order valence-electron chi connectivity index (χ0n) is 14.6. The number of hydrogen-bond acceptors (Lipinski definition) is 3.